The molecule has 5 unspecified atom stereocenters. The van der Waals surface area contributed by atoms with Gasteiger partial charge in [-0.05, 0) is 69.1 Å². The van der Waals surface area contributed by atoms with Crippen molar-refractivity contribution in [1.29, 1.82) is 0 Å². The van der Waals surface area contributed by atoms with Gasteiger partial charge in [0.05, 0.1) is 5.60 Å². The maximum absolute atomic E-state index is 11.9. The predicted molar refractivity (Wildman–Crippen MR) is 86.8 cm³/mol. The first kappa shape index (κ1) is 16.3. The molecule has 0 heterocycles. The summed E-state index contributed by atoms with van der Waals surface area (Å²) in [4.78, 5) is 18.1. The number of rotatable bonds is 5. The van der Waals surface area contributed by atoms with Gasteiger partial charge in [0.15, 0.2) is 0 Å². The van der Waals surface area contributed by atoms with E-state index in [2.05, 4.69) is 26.3 Å². The van der Waals surface area contributed by atoms with Crippen molar-refractivity contribution in [2.75, 3.05) is 0 Å². The summed E-state index contributed by atoms with van der Waals surface area (Å²) in [5.74, 6) is 1.64. The predicted octanol–water partition coefficient (Wildman–Crippen LogP) is 3.16. The number of fused-ring (bicyclic) bond motifs is 2. The number of carbonyl (C=O) groups is 1. The zero-order valence-corrected chi connectivity index (χ0v) is 14.4. The summed E-state index contributed by atoms with van der Waals surface area (Å²) in [6.45, 7) is 6.60. The lowest BCUT2D eigenvalue weighted by atomic mass is 9.57. The van der Waals surface area contributed by atoms with Crippen molar-refractivity contribution in [1.82, 2.24) is 5.48 Å². The Hall–Kier alpha value is -0.610. The van der Waals surface area contributed by atoms with Gasteiger partial charge in [0.25, 0.3) is 0 Å². The molecule has 2 bridgehead atoms. The fourth-order valence-electron chi connectivity index (χ4n) is 5.19. The smallest absolute Gasteiger partial charge is 0.223 e. The molecule has 3 aliphatic rings. The van der Waals surface area contributed by atoms with Crippen LogP contribution in [0.5, 0.6) is 0 Å². The Morgan fingerprint density at radius 3 is 2.59 bits per heavy atom. The van der Waals surface area contributed by atoms with Crippen LogP contribution in [0.4, 0.5) is 0 Å². The van der Waals surface area contributed by atoms with Crippen LogP contribution in [0.15, 0.2) is 0 Å². The number of primary amides is 1. The van der Waals surface area contributed by atoms with E-state index >= 15 is 0 Å². The van der Waals surface area contributed by atoms with E-state index in [1.165, 1.54) is 32.1 Å². The summed E-state index contributed by atoms with van der Waals surface area (Å²) >= 11 is 0. The van der Waals surface area contributed by atoms with Gasteiger partial charge in [0, 0.05) is 11.5 Å². The fourth-order valence-corrected chi connectivity index (χ4v) is 5.19. The van der Waals surface area contributed by atoms with E-state index in [9.17, 15) is 4.79 Å². The lowest BCUT2D eigenvalue weighted by Crippen LogP contribution is -2.56. The largest absolute Gasteiger partial charge is 0.369 e. The van der Waals surface area contributed by atoms with E-state index in [4.69, 9.17) is 10.6 Å². The average molecular weight is 308 g/mol. The minimum absolute atomic E-state index is 0.0677. The minimum Gasteiger partial charge on any atom is -0.369 e. The summed E-state index contributed by atoms with van der Waals surface area (Å²) in [7, 11) is 0. The van der Waals surface area contributed by atoms with E-state index in [-0.39, 0.29) is 16.9 Å². The van der Waals surface area contributed by atoms with Gasteiger partial charge in [0.1, 0.15) is 0 Å². The SMILES string of the molecule is CCC1(ONC2C(C)CC3CC2CC(C)(C(N)=O)C3)CCC1. The highest BCUT2D eigenvalue weighted by atomic mass is 16.7. The van der Waals surface area contributed by atoms with Gasteiger partial charge in [-0.15, -0.1) is 0 Å². The van der Waals surface area contributed by atoms with Crippen LogP contribution in [-0.4, -0.2) is 17.6 Å². The molecule has 3 saturated carbocycles. The zero-order chi connectivity index (χ0) is 16.0. The number of hydrogen-bond donors (Lipinski definition) is 2. The molecule has 3 rings (SSSR count). The Kier molecular flexibility index (Phi) is 4.28. The second-order valence-corrected chi connectivity index (χ2v) is 8.54. The first-order valence-corrected chi connectivity index (χ1v) is 9.11. The van der Waals surface area contributed by atoms with Crippen molar-refractivity contribution >= 4 is 5.91 Å². The molecule has 0 aromatic rings. The van der Waals surface area contributed by atoms with Gasteiger partial charge in [-0.3, -0.25) is 9.63 Å². The average Bonchev–Trinajstić information content (AvgIpc) is 2.40. The van der Waals surface area contributed by atoms with E-state index in [1.54, 1.807) is 0 Å². The van der Waals surface area contributed by atoms with E-state index in [0.717, 1.165) is 19.3 Å². The van der Waals surface area contributed by atoms with Crippen molar-refractivity contribution in [2.45, 2.75) is 83.8 Å². The first-order valence-electron chi connectivity index (χ1n) is 9.11. The normalized spacial score (nSPS) is 43.4. The van der Waals surface area contributed by atoms with Gasteiger partial charge in [-0.1, -0.05) is 20.8 Å². The highest BCUT2D eigenvalue weighted by Gasteiger charge is 2.49. The van der Waals surface area contributed by atoms with Crippen LogP contribution < -0.4 is 11.2 Å². The lowest BCUT2D eigenvalue weighted by Gasteiger charge is -2.51. The molecule has 0 aromatic heterocycles. The Labute approximate surface area is 134 Å². The Morgan fingerprint density at radius 2 is 2.05 bits per heavy atom. The number of nitrogens with one attached hydrogen (secondary N) is 1. The molecule has 3 aliphatic carbocycles. The molecule has 4 heteroatoms. The van der Waals surface area contributed by atoms with Crippen LogP contribution in [0.25, 0.3) is 0 Å². The molecular weight excluding hydrogens is 276 g/mol. The van der Waals surface area contributed by atoms with Gasteiger partial charge >= 0.3 is 0 Å². The molecular formula is C18H32N2O2. The molecule has 5 atom stereocenters. The fraction of sp³-hybridized carbons (Fsp3) is 0.944. The van der Waals surface area contributed by atoms with E-state index in [0.29, 0.717) is 23.8 Å². The molecule has 22 heavy (non-hydrogen) atoms. The second-order valence-electron chi connectivity index (χ2n) is 8.54. The van der Waals surface area contributed by atoms with Crippen molar-refractivity contribution in [3.8, 4) is 0 Å². The van der Waals surface area contributed by atoms with Crippen LogP contribution in [0.1, 0.15) is 72.1 Å². The molecule has 3 fully saturated rings. The molecule has 1 amide bonds. The second kappa shape index (κ2) is 5.79. The van der Waals surface area contributed by atoms with Crippen LogP contribution in [0.3, 0.4) is 0 Å². The van der Waals surface area contributed by atoms with Gasteiger partial charge in [-0.2, -0.15) is 5.48 Å². The molecule has 3 N–H and O–H groups in total. The number of hydrogen-bond acceptors (Lipinski definition) is 3. The zero-order valence-electron chi connectivity index (χ0n) is 14.4. The van der Waals surface area contributed by atoms with Crippen LogP contribution >= 0.6 is 0 Å². The molecule has 0 aliphatic heterocycles. The van der Waals surface area contributed by atoms with Crippen molar-refractivity contribution < 1.29 is 9.63 Å². The van der Waals surface area contributed by atoms with Crippen LogP contribution in [0.2, 0.25) is 0 Å². The van der Waals surface area contributed by atoms with Crippen molar-refractivity contribution in [2.24, 2.45) is 28.9 Å². The van der Waals surface area contributed by atoms with E-state index in [1.807, 2.05) is 0 Å². The summed E-state index contributed by atoms with van der Waals surface area (Å²) in [5.41, 5.74) is 8.88. The molecule has 0 aromatic carbocycles. The van der Waals surface area contributed by atoms with Gasteiger partial charge in [0.2, 0.25) is 5.91 Å². The number of hydroxylamine groups is 1. The summed E-state index contributed by atoms with van der Waals surface area (Å²) in [6, 6.07) is 0.360. The van der Waals surface area contributed by atoms with Crippen LogP contribution in [-0.2, 0) is 9.63 Å². The third kappa shape index (κ3) is 2.80. The standard InChI is InChI=1S/C18H32N2O2/c1-4-18(6-5-7-18)22-20-15-12(2)8-13-9-14(15)11-17(3,10-13)16(19)21/h12-15,20H,4-11H2,1-3H3,(H2,19,21). The Balaban J connectivity index is 1.67. The summed E-state index contributed by atoms with van der Waals surface area (Å²) in [6.07, 6.45) is 8.97. The highest BCUT2D eigenvalue weighted by molar-refractivity contribution is 5.80. The quantitative estimate of drug-likeness (QED) is 0.767. The monoisotopic (exact) mass is 308 g/mol. The van der Waals surface area contributed by atoms with Crippen molar-refractivity contribution in [3.63, 3.8) is 0 Å². The summed E-state index contributed by atoms with van der Waals surface area (Å²) in [5, 5.41) is 0. The Morgan fingerprint density at radius 1 is 1.32 bits per heavy atom. The number of nitrogens with two attached hydrogens (primary N) is 1. The molecule has 0 spiro atoms. The molecule has 4 nitrogen and oxygen atoms in total. The minimum atomic E-state index is -0.327. The number of amides is 1. The third-order valence-corrected chi connectivity index (χ3v) is 6.83. The lowest BCUT2D eigenvalue weighted by molar-refractivity contribution is -0.182. The van der Waals surface area contributed by atoms with Crippen molar-refractivity contribution in [3.05, 3.63) is 0 Å². The highest BCUT2D eigenvalue weighted by Crippen LogP contribution is 2.50. The number of carbonyl (C=O) groups excluding carboxylic acids is 1. The van der Waals surface area contributed by atoms with Crippen LogP contribution in [0, 0.1) is 23.2 Å². The topological polar surface area (TPSA) is 64.3 Å². The molecule has 0 saturated heterocycles. The van der Waals surface area contributed by atoms with Gasteiger partial charge in [-0.25, -0.2) is 0 Å². The van der Waals surface area contributed by atoms with Gasteiger partial charge < -0.3 is 5.73 Å². The summed E-state index contributed by atoms with van der Waals surface area (Å²) < 4.78 is 0. The molecule has 0 radical (unpaired) electrons. The maximum Gasteiger partial charge on any atom is 0.223 e. The maximum atomic E-state index is 11.9. The molecule has 126 valence electrons. The third-order valence-electron chi connectivity index (χ3n) is 6.83. The Bertz CT molecular complexity index is 427. The van der Waals surface area contributed by atoms with E-state index < -0.39 is 0 Å². The first-order chi connectivity index (χ1) is 10.4.